The summed E-state index contributed by atoms with van der Waals surface area (Å²) in [4.78, 5) is 0. The van der Waals surface area contributed by atoms with Crippen LogP contribution in [0.25, 0.3) is 0 Å². The van der Waals surface area contributed by atoms with E-state index in [0.29, 0.717) is 13.2 Å². The molecule has 1 aromatic carbocycles. The molecule has 0 aromatic heterocycles. The predicted octanol–water partition coefficient (Wildman–Crippen LogP) is 4.79. The lowest BCUT2D eigenvalue weighted by Gasteiger charge is -2.40. The van der Waals surface area contributed by atoms with Gasteiger partial charge in [-0.3, -0.25) is 0 Å². The monoisotopic (exact) mass is 380 g/mol. The summed E-state index contributed by atoms with van der Waals surface area (Å²) in [6.45, 7) is 16.2. The first-order valence-corrected chi connectivity index (χ1v) is 12.2. The van der Waals surface area contributed by atoms with E-state index in [0.717, 1.165) is 17.7 Å². The summed E-state index contributed by atoms with van der Waals surface area (Å²) in [5.41, 5.74) is 1.11. The standard InChI is InChI=1S/C21H36O4Si/c1-8-18(15-22)20(25-26(6,7)21(2,3)4)13-14-24-16-17-9-11-19(23-5)12-10-17/h8-12,18,20,22H,1,13-16H2,2-7H3. The zero-order valence-electron chi connectivity index (χ0n) is 17.2. The van der Waals surface area contributed by atoms with E-state index in [1.165, 1.54) is 0 Å². The van der Waals surface area contributed by atoms with Gasteiger partial charge in [-0.25, -0.2) is 0 Å². The van der Waals surface area contributed by atoms with Crippen molar-refractivity contribution in [2.75, 3.05) is 20.3 Å². The van der Waals surface area contributed by atoms with Gasteiger partial charge in [-0.05, 0) is 42.2 Å². The third-order valence-electron chi connectivity index (χ3n) is 5.22. The van der Waals surface area contributed by atoms with Gasteiger partial charge in [0.2, 0.25) is 0 Å². The van der Waals surface area contributed by atoms with Crippen LogP contribution < -0.4 is 4.74 Å². The highest BCUT2D eigenvalue weighted by Gasteiger charge is 2.40. The molecule has 0 saturated carbocycles. The molecule has 0 fully saturated rings. The highest BCUT2D eigenvalue weighted by atomic mass is 28.4. The maximum Gasteiger partial charge on any atom is 0.192 e. The van der Waals surface area contributed by atoms with E-state index in [1.807, 2.05) is 24.3 Å². The van der Waals surface area contributed by atoms with Crippen molar-refractivity contribution in [1.82, 2.24) is 0 Å². The quantitative estimate of drug-likeness (QED) is 0.341. The molecule has 5 heteroatoms. The molecule has 0 aliphatic rings. The van der Waals surface area contributed by atoms with Crippen LogP contribution in [0.4, 0.5) is 0 Å². The second-order valence-corrected chi connectivity index (χ2v) is 12.9. The van der Waals surface area contributed by atoms with E-state index in [2.05, 4.69) is 40.4 Å². The summed E-state index contributed by atoms with van der Waals surface area (Å²) in [7, 11) is -0.268. The molecule has 0 bridgehead atoms. The topological polar surface area (TPSA) is 47.9 Å². The number of aliphatic hydroxyl groups excluding tert-OH is 1. The zero-order valence-corrected chi connectivity index (χ0v) is 18.2. The highest BCUT2D eigenvalue weighted by Crippen LogP contribution is 2.38. The van der Waals surface area contributed by atoms with E-state index < -0.39 is 8.32 Å². The van der Waals surface area contributed by atoms with Crippen LogP contribution in [0.5, 0.6) is 5.75 Å². The summed E-state index contributed by atoms with van der Waals surface area (Å²) < 4.78 is 17.5. The minimum absolute atomic E-state index is 0.0429. The molecule has 1 rings (SSSR count). The van der Waals surface area contributed by atoms with Gasteiger partial charge in [-0.15, -0.1) is 6.58 Å². The number of benzene rings is 1. The van der Waals surface area contributed by atoms with Crippen molar-refractivity contribution in [3.63, 3.8) is 0 Å². The molecule has 148 valence electrons. The molecule has 26 heavy (non-hydrogen) atoms. The molecule has 0 heterocycles. The Hall–Kier alpha value is -1.14. The van der Waals surface area contributed by atoms with Crippen molar-refractivity contribution in [3.05, 3.63) is 42.5 Å². The van der Waals surface area contributed by atoms with Crippen LogP contribution in [0.15, 0.2) is 36.9 Å². The molecular weight excluding hydrogens is 344 g/mol. The lowest BCUT2D eigenvalue weighted by Crippen LogP contribution is -2.46. The molecule has 4 nitrogen and oxygen atoms in total. The molecule has 0 spiro atoms. The first kappa shape index (κ1) is 22.9. The summed E-state index contributed by atoms with van der Waals surface area (Å²) in [6, 6.07) is 7.87. The Bertz CT molecular complexity index is 534. The summed E-state index contributed by atoms with van der Waals surface area (Å²) >= 11 is 0. The fraction of sp³-hybridized carbons (Fsp3) is 0.619. The second kappa shape index (κ2) is 10.3. The van der Waals surface area contributed by atoms with Gasteiger partial charge in [0, 0.05) is 12.5 Å². The number of methoxy groups -OCH3 is 1. The Kier molecular flexibility index (Phi) is 9.03. The van der Waals surface area contributed by atoms with Crippen LogP contribution in [-0.4, -0.2) is 39.9 Å². The minimum Gasteiger partial charge on any atom is -0.497 e. The van der Waals surface area contributed by atoms with Gasteiger partial charge >= 0.3 is 0 Å². The number of aliphatic hydroxyl groups is 1. The Morgan fingerprint density at radius 1 is 1.19 bits per heavy atom. The average Bonchev–Trinajstić information content (AvgIpc) is 2.58. The SMILES string of the molecule is C=CC(CO)C(CCOCc1ccc(OC)cc1)O[Si](C)(C)C(C)(C)C. The maximum atomic E-state index is 9.69. The Morgan fingerprint density at radius 3 is 2.27 bits per heavy atom. The molecule has 0 saturated heterocycles. The first-order chi connectivity index (χ1) is 12.1. The van der Waals surface area contributed by atoms with E-state index in [4.69, 9.17) is 13.9 Å². The summed E-state index contributed by atoms with van der Waals surface area (Å²) in [6.07, 6.45) is 2.45. The summed E-state index contributed by atoms with van der Waals surface area (Å²) in [5, 5.41) is 9.81. The molecule has 0 amide bonds. The minimum atomic E-state index is -1.93. The van der Waals surface area contributed by atoms with Gasteiger partial charge in [0.25, 0.3) is 0 Å². The average molecular weight is 381 g/mol. The van der Waals surface area contributed by atoms with Crippen molar-refractivity contribution < 1.29 is 19.0 Å². The molecule has 1 aromatic rings. The molecule has 0 radical (unpaired) electrons. The third-order valence-corrected chi connectivity index (χ3v) is 9.72. The lowest BCUT2D eigenvalue weighted by molar-refractivity contribution is 0.0470. The lowest BCUT2D eigenvalue weighted by atomic mass is 10.0. The number of rotatable bonds is 11. The van der Waals surface area contributed by atoms with Crippen LogP contribution in [0, 0.1) is 5.92 Å². The first-order valence-electron chi connectivity index (χ1n) is 9.26. The van der Waals surface area contributed by atoms with Crippen molar-refractivity contribution >= 4 is 8.32 Å². The van der Waals surface area contributed by atoms with Crippen LogP contribution >= 0.6 is 0 Å². The van der Waals surface area contributed by atoms with Crippen LogP contribution in [-0.2, 0) is 15.8 Å². The fourth-order valence-electron chi connectivity index (χ4n) is 2.37. The molecule has 2 atom stereocenters. The smallest absolute Gasteiger partial charge is 0.192 e. The van der Waals surface area contributed by atoms with Gasteiger partial charge in [-0.1, -0.05) is 39.0 Å². The van der Waals surface area contributed by atoms with Crippen molar-refractivity contribution in [1.29, 1.82) is 0 Å². The summed E-state index contributed by atoms with van der Waals surface area (Å²) in [5.74, 6) is 0.766. The Morgan fingerprint density at radius 2 is 1.81 bits per heavy atom. The normalized spacial score (nSPS) is 14.7. The van der Waals surface area contributed by atoms with Crippen LogP contribution in [0.2, 0.25) is 18.1 Å². The molecular formula is C21H36O4Si. The van der Waals surface area contributed by atoms with Gasteiger partial charge in [0.15, 0.2) is 8.32 Å². The van der Waals surface area contributed by atoms with Gasteiger partial charge < -0.3 is 19.0 Å². The largest absolute Gasteiger partial charge is 0.497 e. The van der Waals surface area contributed by atoms with E-state index in [-0.39, 0.29) is 23.7 Å². The van der Waals surface area contributed by atoms with Gasteiger partial charge in [-0.2, -0.15) is 0 Å². The maximum absolute atomic E-state index is 9.69. The van der Waals surface area contributed by atoms with Crippen molar-refractivity contribution in [3.8, 4) is 5.75 Å². The predicted molar refractivity (Wildman–Crippen MR) is 110 cm³/mol. The van der Waals surface area contributed by atoms with Crippen molar-refractivity contribution in [2.24, 2.45) is 5.92 Å². The van der Waals surface area contributed by atoms with Gasteiger partial charge in [0.1, 0.15) is 5.75 Å². The van der Waals surface area contributed by atoms with Crippen LogP contribution in [0.3, 0.4) is 0 Å². The Balaban J connectivity index is 2.61. The van der Waals surface area contributed by atoms with Crippen LogP contribution in [0.1, 0.15) is 32.8 Å². The Labute approximate surface area is 160 Å². The molecule has 1 N–H and O–H groups in total. The second-order valence-electron chi connectivity index (χ2n) is 8.19. The number of hydrogen-bond acceptors (Lipinski definition) is 4. The number of ether oxygens (including phenoxy) is 2. The molecule has 0 aliphatic carbocycles. The van der Waals surface area contributed by atoms with E-state index in [9.17, 15) is 5.11 Å². The van der Waals surface area contributed by atoms with Gasteiger partial charge in [0.05, 0.1) is 26.4 Å². The number of hydrogen-bond donors (Lipinski definition) is 1. The van der Waals surface area contributed by atoms with Crippen molar-refractivity contribution in [2.45, 2.75) is 58.0 Å². The zero-order chi connectivity index (χ0) is 19.8. The molecule has 2 unspecified atom stereocenters. The third kappa shape index (κ3) is 6.87. The van der Waals surface area contributed by atoms with E-state index in [1.54, 1.807) is 13.2 Å². The van der Waals surface area contributed by atoms with E-state index >= 15 is 0 Å². The highest BCUT2D eigenvalue weighted by molar-refractivity contribution is 6.74. The molecule has 0 aliphatic heterocycles. The fourth-order valence-corrected chi connectivity index (χ4v) is 3.77.